The lowest BCUT2D eigenvalue weighted by Gasteiger charge is -2.10. The third-order valence-electron chi connectivity index (χ3n) is 3.55. The van der Waals surface area contributed by atoms with Crippen LogP contribution in [-0.4, -0.2) is 26.5 Å². The zero-order valence-electron chi connectivity index (χ0n) is 12.1. The SMILES string of the molecule is CCOC(=O)c1ncn2c1c(=O)n(C)c1c(C)cccc12. The molecule has 21 heavy (non-hydrogen) atoms. The Morgan fingerprint density at radius 1 is 1.33 bits per heavy atom. The molecule has 0 aliphatic carbocycles. The molecule has 2 heterocycles. The number of ether oxygens (including phenoxy) is 1. The van der Waals surface area contributed by atoms with Crippen molar-refractivity contribution >= 4 is 22.5 Å². The van der Waals surface area contributed by atoms with Crippen LogP contribution in [0.5, 0.6) is 0 Å². The second-order valence-electron chi connectivity index (χ2n) is 4.84. The molecule has 0 aliphatic rings. The average molecular weight is 285 g/mol. The summed E-state index contributed by atoms with van der Waals surface area (Å²) >= 11 is 0. The van der Waals surface area contributed by atoms with Gasteiger partial charge in [0.15, 0.2) is 5.69 Å². The van der Waals surface area contributed by atoms with Gasteiger partial charge in [0, 0.05) is 7.05 Å². The van der Waals surface area contributed by atoms with Gasteiger partial charge >= 0.3 is 5.97 Å². The number of esters is 1. The van der Waals surface area contributed by atoms with Crippen molar-refractivity contribution in [2.75, 3.05) is 6.61 Å². The van der Waals surface area contributed by atoms with Crippen LogP contribution >= 0.6 is 0 Å². The maximum absolute atomic E-state index is 12.6. The molecule has 0 radical (unpaired) electrons. The van der Waals surface area contributed by atoms with Crippen molar-refractivity contribution in [1.29, 1.82) is 0 Å². The minimum Gasteiger partial charge on any atom is -0.461 e. The molecule has 0 saturated carbocycles. The van der Waals surface area contributed by atoms with Gasteiger partial charge in [-0.15, -0.1) is 0 Å². The quantitative estimate of drug-likeness (QED) is 0.672. The smallest absolute Gasteiger partial charge is 0.359 e. The standard InChI is InChI=1S/C15H15N3O3/c1-4-21-15(20)11-13-14(19)17(3)12-9(2)6-5-7-10(12)18(13)8-16-11/h5-8H,4H2,1-3H3. The van der Waals surface area contributed by atoms with E-state index in [2.05, 4.69) is 4.98 Å². The van der Waals surface area contributed by atoms with Crippen LogP contribution in [0, 0.1) is 6.92 Å². The van der Waals surface area contributed by atoms with E-state index in [1.54, 1.807) is 22.9 Å². The predicted octanol–water partition coefficient (Wildman–Crippen LogP) is 1.67. The van der Waals surface area contributed by atoms with Crippen molar-refractivity contribution in [2.45, 2.75) is 13.8 Å². The molecule has 108 valence electrons. The lowest BCUT2D eigenvalue weighted by molar-refractivity contribution is 0.0522. The van der Waals surface area contributed by atoms with E-state index in [0.29, 0.717) is 0 Å². The first-order valence-electron chi connectivity index (χ1n) is 6.68. The van der Waals surface area contributed by atoms with Crippen molar-refractivity contribution in [2.24, 2.45) is 7.05 Å². The molecule has 0 unspecified atom stereocenters. The molecule has 3 aromatic rings. The monoisotopic (exact) mass is 285 g/mol. The van der Waals surface area contributed by atoms with E-state index in [0.717, 1.165) is 16.6 Å². The fourth-order valence-electron chi connectivity index (χ4n) is 2.62. The molecule has 0 saturated heterocycles. The molecule has 6 heteroatoms. The number of para-hydroxylation sites is 1. The Morgan fingerprint density at radius 2 is 2.10 bits per heavy atom. The van der Waals surface area contributed by atoms with Gasteiger partial charge in [-0.05, 0) is 25.5 Å². The molecule has 0 fully saturated rings. The Balaban J connectivity index is 2.48. The Hall–Kier alpha value is -2.63. The largest absolute Gasteiger partial charge is 0.461 e. The minimum absolute atomic E-state index is 0.0563. The summed E-state index contributed by atoms with van der Waals surface area (Å²) in [6.45, 7) is 3.90. The van der Waals surface area contributed by atoms with Crippen molar-refractivity contribution < 1.29 is 9.53 Å². The van der Waals surface area contributed by atoms with Crippen LogP contribution in [0.15, 0.2) is 29.3 Å². The molecule has 0 spiro atoms. The topological polar surface area (TPSA) is 65.6 Å². The Morgan fingerprint density at radius 3 is 2.81 bits per heavy atom. The molecule has 0 N–H and O–H groups in total. The van der Waals surface area contributed by atoms with Gasteiger partial charge in [0.25, 0.3) is 5.56 Å². The maximum Gasteiger partial charge on any atom is 0.359 e. The fraction of sp³-hybridized carbons (Fsp3) is 0.267. The second kappa shape index (κ2) is 4.73. The summed E-state index contributed by atoms with van der Waals surface area (Å²) < 4.78 is 8.16. The summed E-state index contributed by atoms with van der Waals surface area (Å²) in [5, 5.41) is 0. The molecule has 1 aromatic carbocycles. The molecular formula is C15H15N3O3. The summed E-state index contributed by atoms with van der Waals surface area (Å²) in [7, 11) is 1.69. The summed E-state index contributed by atoms with van der Waals surface area (Å²) in [6.07, 6.45) is 1.49. The van der Waals surface area contributed by atoms with Crippen molar-refractivity contribution in [1.82, 2.24) is 14.0 Å². The molecule has 0 atom stereocenters. The number of carbonyl (C=O) groups excluding carboxylic acids is 1. The van der Waals surface area contributed by atoms with Gasteiger partial charge < -0.3 is 9.30 Å². The number of imidazole rings is 1. The maximum atomic E-state index is 12.6. The Bertz CT molecular complexity index is 921. The van der Waals surface area contributed by atoms with Crippen LogP contribution in [-0.2, 0) is 11.8 Å². The number of benzene rings is 1. The molecule has 3 rings (SSSR count). The van der Waals surface area contributed by atoms with Gasteiger partial charge in [0.1, 0.15) is 11.8 Å². The molecule has 0 bridgehead atoms. The van der Waals surface area contributed by atoms with Crippen LogP contribution in [0.2, 0.25) is 0 Å². The highest BCUT2D eigenvalue weighted by Gasteiger charge is 2.20. The summed E-state index contributed by atoms with van der Waals surface area (Å²) in [4.78, 5) is 28.6. The summed E-state index contributed by atoms with van der Waals surface area (Å²) in [6, 6.07) is 5.74. The number of nitrogens with zero attached hydrogens (tertiary/aromatic N) is 3. The van der Waals surface area contributed by atoms with Crippen LogP contribution in [0.1, 0.15) is 23.0 Å². The Kier molecular flexibility index (Phi) is 3.01. The fourth-order valence-corrected chi connectivity index (χ4v) is 2.62. The van der Waals surface area contributed by atoms with Gasteiger partial charge in [-0.25, -0.2) is 9.78 Å². The minimum atomic E-state index is -0.580. The van der Waals surface area contributed by atoms with Crippen molar-refractivity contribution in [3.63, 3.8) is 0 Å². The van der Waals surface area contributed by atoms with E-state index < -0.39 is 5.97 Å². The zero-order chi connectivity index (χ0) is 15.1. The lowest BCUT2D eigenvalue weighted by Crippen LogP contribution is -2.22. The van der Waals surface area contributed by atoms with Gasteiger partial charge in [0.2, 0.25) is 0 Å². The first kappa shape index (κ1) is 13.4. The molecular weight excluding hydrogens is 270 g/mol. The van der Waals surface area contributed by atoms with Crippen LogP contribution in [0.25, 0.3) is 16.6 Å². The highest BCUT2D eigenvalue weighted by atomic mass is 16.5. The molecule has 0 aliphatic heterocycles. The van der Waals surface area contributed by atoms with Gasteiger partial charge in [-0.1, -0.05) is 12.1 Å². The number of aryl methyl sites for hydroxylation is 2. The van der Waals surface area contributed by atoms with Gasteiger partial charge in [0.05, 0.1) is 17.6 Å². The Labute approximate surface area is 120 Å². The van der Waals surface area contributed by atoms with Crippen LogP contribution < -0.4 is 5.56 Å². The number of fused-ring (bicyclic) bond motifs is 3. The highest BCUT2D eigenvalue weighted by molar-refractivity contribution is 5.96. The third kappa shape index (κ3) is 1.83. The van der Waals surface area contributed by atoms with E-state index in [1.165, 1.54) is 6.33 Å². The normalized spacial score (nSPS) is 11.2. The number of aromatic nitrogens is 3. The molecule has 6 nitrogen and oxygen atoms in total. The van der Waals surface area contributed by atoms with Gasteiger partial charge in [-0.3, -0.25) is 9.20 Å². The van der Waals surface area contributed by atoms with E-state index in [4.69, 9.17) is 4.74 Å². The number of carbonyl (C=O) groups is 1. The summed E-state index contributed by atoms with van der Waals surface area (Å²) in [5.41, 5.74) is 2.67. The van der Waals surface area contributed by atoms with Crippen molar-refractivity contribution in [3.05, 3.63) is 46.1 Å². The van der Waals surface area contributed by atoms with Gasteiger partial charge in [-0.2, -0.15) is 0 Å². The second-order valence-corrected chi connectivity index (χ2v) is 4.84. The number of hydrogen-bond donors (Lipinski definition) is 0. The highest BCUT2D eigenvalue weighted by Crippen LogP contribution is 2.19. The van der Waals surface area contributed by atoms with Crippen LogP contribution in [0.3, 0.4) is 0 Å². The molecule has 2 aromatic heterocycles. The number of hydrogen-bond acceptors (Lipinski definition) is 4. The first-order chi connectivity index (χ1) is 10.1. The lowest BCUT2D eigenvalue weighted by atomic mass is 10.2. The number of rotatable bonds is 2. The average Bonchev–Trinajstić information content (AvgIpc) is 2.90. The molecule has 0 amide bonds. The van der Waals surface area contributed by atoms with E-state index in [1.807, 2.05) is 25.1 Å². The van der Waals surface area contributed by atoms with Crippen molar-refractivity contribution in [3.8, 4) is 0 Å². The third-order valence-corrected chi connectivity index (χ3v) is 3.55. The zero-order valence-corrected chi connectivity index (χ0v) is 12.1. The van der Waals surface area contributed by atoms with Crippen LogP contribution in [0.4, 0.5) is 0 Å². The summed E-state index contributed by atoms with van der Waals surface area (Å²) in [5.74, 6) is -0.580. The van der Waals surface area contributed by atoms with E-state index in [-0.39, 0.29) is 23.4 Å². The van der Waals surface area contributed by atoms with E-state index >= 15 is 0 Å². The first-order valence-corrected chi connectivity index (χ1v) is 6.68. The van der Waals surface area contributed by atoms with E-state index in [9.17, 15) is 9.59 Å². The predicted molar refractivity (Wildman–Crippen MR) is 78.6 cm³/mol.